The molecule has 0 bridgehead atoms. The van der Waals surface area contributed by atoms with Gasteiger partial charge in [-0.3, -0.25) is 0 Å². The van der Waals surface area contributed by atoms with E-state index in [1.54, 1.807) is 0 Å². The molecule has 0 radical (unpaired) electrons. The lowest BCUT2D eigenvalue weighted by molar-refractivity contribution is 0.790. The van der Waals surface area contributed by atoms with Crippen molar-refractivity contribution in [3.8, 4) is 11.1 Å². The van der Waals surface area contributed by atoms with Crippen molar-refractivity contribution in [3.63, 3.8) is 0 Å². The number of hydrogen-bond donors (Lipinski definition) is 0. The van der Waals surface area contributed by atoms with E-state index in [4.69, 9.17) is 0 Å². The van der Waals surface area contributed by atoms with E-state index < -0.39 is 0 Å². The summed E-state index contributed by atoms with van der Waals surface area (Å²) in [5.74, 6) is 0. The summed E-state index contributed by atoms with van der Waals surface area (Å²) in [5, 5.41) is 10.2. The van der Waals surface area contributed by atoms with Crippen molar-refractivity contribution in [3.05, 3.63) is 188 Å². The van der Waals surface area contributed by atoms with Crippen LogP contribution in [0.5, 0.6) is 0 Å². The summed E-state index contributed by atoms with van der Waals surface area (Å²) in [6, 6.07) is 60.0. The van der Waals surface area contributed by atoms with Crippen molar-refractivity contribution >= 4 is 60.0 Å². The molecule has 8 aromatic rings. The molecule has 1 nitrogen and oxygen atoms in total. The third-order valence-electron chi connectivity index (χ3n) is 9.73. The highest BCUT2D eigenvalue weighted by Gasteiger charge is 2.23. The van der Waals surface area contributed by atoms with Crippen LogP contribution >= 0.6 is 0 Å². The average Bonchev–Trinajstić information content (AvgIpc) is 3.15. The maximum absolute atomic E-state index is 2.54. The first kappa shape index (κ1) is 27.4. The zero-order chi connectivity index (χ0) is 31.2. The fraction of sp³-hybridized carbons (Fsp3) is 0.0435. The molecule has 1 atom stereocenters. The third-order valence-corrected chi connectivity index (χ3v) is 9.73. The number of fused-ring (bicyclic) bond motifs is 5. The predicted octanol–water partition coefficient (Wildman–Crippen LogP) is 12.5. The molecule has 0 saturated heterocycles. The monoisotopic (exact) mass is 599 g/mol. The minimum absolute atomic E-state index is 0.162. The zero-order valence-electron chi connectivity index (χ0n) is 26.1. The number of nitrogens with zero attached hydrogens (tertiary/aromatic N) is 1. The number of allylic oxidation sites excluding steroid dienone is 2. The first-order valence-corrected chi connectivity index (χ1v) is 16.5. The Hall–Kier alpha value is -5.92. The van der Waals surface area contributed by atoms with Gasteiger partial charge < -0.3 is 4.90 Å². The van der Waals surface area contributed by atoms with Gasteiger partial charge in [-0.05, 0) is 96.7 Å². The van der Waals surface area contributed by atoms with Crippen LogP contribution in [0.2, 0.25) is 0 Å². The Labute approximate surface area is 275 Å². The van der Waals surface area contributed by atoms with E-state index in [-0.39, 0.29) is 6.04 Å². The molecule has 0 aromatic heterocycles. The topological polar surface area (TPSA) is 3.24 Å². The van der Waals surface area contributed by atoms with Crippen LogP contribution in [0.25, 0.3) is 59.8 Å². The Balaban J connectivity index is 1.14. The molecule has 0 amide bonds. The Bertz CT molecular complexity index is 2500. The van der Waals surface area contributed by atoms with Gasteiger partial charge in [-0.2, -0.15) is 0 Å². The summed E-state index contributed by atoms with van der Waals surface area (Å²) in [4.78, 5) is 2.54. The molecule has 8 aromatic carbocycles. The van der Waals surface area contributed by atoms with E-state index in [0.29, 0.717) is 0 Å². The molecule has 0 aliphatic heterocycles. The number of rotatable bonds is 5. The molecular weight excluding hydrogens is 567 g/mol. The van der Waals surface area contributed by atoms with Gasteiger partial charge in [0.25, 0.3) is 0 Å². The molecule has 0 spiro atoms. The summed E-state index contributed by atoms with van der Waals surface area (Å²) in [6.45, 7) is 0. The number of hydrogen-bond acceptors (Lipinski definition) is 1. The van der Waals surface area contributed by atoms with Crippen LogP contribution in [0.3, 0.4) is 0 Å². The summed E-state index contributed by atoms with van der Waals surface area (Å²) >= 11 is 0. The maximum Gasteiger partial charge on any atom is 0.0560 e. The van der Waals surface area contributed by atoms with Crippen LogP contribution in [-0.4, -0.2) is 6.04 Å². The van der Waals surface area contributed by atoms with Crippen molar-refractivity contribution < 1.29 is 0 Å². The van der Waals surface area contributed by atoms with E-state index in [1.165, 1.54) is 76.7 Å². The van der Waals surface area contributed by atoms with Crippen molar-refractivity contribution in [2.75, 3.05) is 4.90 Å². The number of anilines is 2. The molecule has 1 unspecified atom stereocenters. The second-order valence-corrected chi connectivity index (χ2v) is 12.5. The van der Waals surface area contributed by atoms with Gasteiger partial charge in [0.1, 0.15) is 0 Å². The molecule has 0 saturated carbocycles. The third kappa shape index (κ3) is 4.98. The molecule has 0 heterocycles. The van der Waals surface area contributed by atoms with Gasteiger partial charge in [0, 0.05) is 11.1 Å². The van der Waals surface area contributed by atoms with Crippen molar-refractivity contribution in [1.29, 1.82) is 0 Å². The molecule has 9 rings (SSSR count). The van der Waals surface area contributed by atoms with Crippen molar-refractivity contribution in [2.45, 2.75) is 12.5 Å². The smallest absolute Gasteiger partial charge is 0.0560 e. The second-order valence-electron chi connectivity index (χ2n) is 12.5. The van der Waals surface area contributed by atoms with E-state index in [1.807, 2.05) is 0 Å². The minimum Gasteiger partial charge on any atom is -0.334 e. The lowest BCUT2D eigenvalue weighted by Gasteiger charge is -2.34. The van der Waals surface area contributed by atoms with E-state index >= 15 is 0 Å². The Kier molecular flexibility index (Phi) is 6.68. The van der Waals surface area contributed by atoms with Gasteiger partial charge in [-0.1, -0.05) is 152 Å². The fourth-order valence-electron chi connectivity index (χ4n) is 7.31. The largest absolute Gasteiger partial charge is 0.334 e. The molecular formula is C46H33N. The van der Waals surface area contributed by atoms with E-state index in [9.17, 15) is 0 Å². The Morgan fingerprint density at radius 2 is 0.979 bits per heavy atom. The van der Waals surface area contributed by atoms with E-state index in [0.717, 1.165) is 6.42 Å². The van der Waals surface area contributed by atoms with Gasteiger partial charge in [0.2, 0.25) is 0 Å². The normalized spacial score (nSPS) is 14.6. The summed E-state index contributed by atoms with van der Waals surface area (Å²) in [7, 11) is 0. The molecule has 47 heavy (non-hydrogen) atoms. The molecule has 1 aliphatic rings. The van der Waals surface area contributed by atoms with Gasteiger partial charge in [0.15, 0.2) is 0 Å². The van der Waals surface area contributed by atoms with Gasteiger partial charge in [-0.25, -0.2) is 0 Å². The first-order valence-electron chi connectivity index (χ1n) is 16.5. The highest BCUT2D eigenvalue weighted by Crippen LogP contribution is 2.41. The van der Waals surface area contributed by atoms with Crippen molar-refractivity contribution in [1.82, 2.24) is 0 Å². The quantitative estimate of drug-likeness (QED) is 0.178. The molecule has 222 valence electrons. The Morgan fingerprint density at radius 3 is 1.66 bits per heavy atom. The lowest BCUT2D eigenvalue weighted by Crippen LogP contribution is -2.30. The van der Waals surface area contributed by atoms with Crippen LogP contribution in [0.4, 0.5) is 11.4 Å². The molecule has 0 fully saturated rings. The highest BCUT2D eigenvalue weighted by molar-refractivity contribution is 6.14. The molecule has 1 heteroatoms. The second kappa shape index (κ2) is 11.5. The predicted molar refractivity (Wildman–Crippen MR) is 202 cm³/mol. The average molecular weight is 600 g/mol. The zero-order valence-corrected chi connectivity index (χ0v) is 26.1. The van der Waals surface area contributed by atoms with E-state index in [2.05, 4.69) is 187 Å². The molecule has 0 N–H and O–H groups in total. The highest BCUT2D eigenvalue weighted by atomic mass is 15.2. The van der Waals surface area contributed by atoms with Gasteiger partial charge in [0.05, 0.1) is 11.7 Å². The SMILES string of the molecule is C1=CC(N(c2ccc(-c3ccc4ccccc4c3)cc2)c2cc3ccccc3c3ccccc23)CC=C1c1ccc2ccccc2c1. The lowest BCUT2D eigenvalue weighted by atomic mass is 9.93. The van der Waals surface area contributed by atoms with Gasteiger partial charge >= 0.3 is 0 Å². The first-order chi connectivity index (χ1) is 23.3. The van der Waals surface area contributed by atoms with Crippen LogP contribution in [0.15, 0.2) is 182 Å². The maximum atomic E-state index is 2.54. The summed E-state index contributed by atoms with van der Waals surface area (Å²) in [6.07, 6.45) is 8.03. The van der Waals surface area contributed by atoms with Crippen LogP contribution < -0.4 is 4.90 Å². The fourth-order valence-corrected chi connectivity index (χ4v) is 7.31. The Morgan fingerprint density at radius 1 is 0.426 bits per heavy atom. The summed E-state index contributed by atoms with van der Waals surface area (Å²) < 4.78 is 0. The van der Waals surface area contributed by atoms with Crippen LogP contribution in [-0.2, 0) is 0 Å². The van der Waals surface area contributed by atoms with Gasteiger partial charge in [-0.15, -0.1) is 0 Å². The van der Waals surface area contributed by atoms with Crippen molar-refractivity contribution in [2.24, 2.45) is 0 Å². The van der Waals surface area contributed by atoms with Crippen LogP contribution in [0.1, 0.15) is 12.0 Å². The van der Waals surface area contributed by atoms with Crippen LogP contribution in [0, 0.1) is 0 Å². The summed E-state index contributed by atoms with van der Waals surface area (Å²) in [5.41, 5.74) is 7.42. The standard InChI is InChI=1S/C46H33N/c1-3-11-36-29-38(19-17-32(36)9-1)34-21-25-41(26-22-34)47(46-31-40-13-5-6-14-43(40)44-15-7-8-16-45(44)46)42-27-23-35(24-28-42)39-20-18-33-10-2-4-12-37(33)30-39/h1-27,29-31,42H,28H2. The molecule has 1 aliphatic carbocycles. The number of benzene rings is 8. The minimum atomic E-state index is 0.162.